The fourth-order valence-corrected chi connectivity index (χ4v) is 5.53. The van der Waals surface area contributed by atoms with Gasteiger partial charge in [0.2, 0.25) is 0 Å². The molecule has 2 saturated carbocycles. The molecule has 0 saturated heterocycles. The summed E-state index contributed by atoms with van der Waals surface area (Å²) >= 11 is 0. The molecule has 11 nitrogen and oxygen atoms in total. The molecule has 0 aromatic carbocycles. The monoisotopic (exact) mass is 508 g/mol. The Hall–Kier alpha value is -3.60. The quantitative estimate of drug-likeness (QED) is 0.434. The topological polar surface area (TPSA) is 134 Å². The number of carboxylic acids is 1. The number of nitrogens with zero attached hydrogens (tertiary/aromatic N) is 6. The number of hydrogen-bond donors (Lipinski definition) is 1. The van der Waals surface area contributed by atoms with Crippen molar-refractivity contribution in [1.82, 2.24) is 29.9 Å². The van der Waals surface area contributed by atoms with Gasteiger partial charge in [-0.05, 0) is 69.6 Å². The Labute approximate surface area is 215 Å². The molecule has 2 aliphatic rings. The Bertz CT molecular complexity index is 1260. The largest absolute Gasteiger partial charge is 0.489 e. The Kier molecular flexibility index (Phi) is 7.31. The van der Waals surface area contributed by atoms with Gasteiger partial charge in [0, 0.05) is 19.9 Å². The Morgan fingerprint density at radius 2 is 2.03 bits per heavy atom. The second kappa shape index (κ2) is 10.8. The Balaban J connectivity index is 1.26. The molecule has 2 aliphatic carbocycles. The first-order valence-corrected chi connectivity index (χ1v) is 12.7. The van der Waals surface area contributed by atoms with Gasteiger partial charge < -0.3 is 19.3 Å². The lowest BCUT2D eigenvalue weighted by molar-refractivity contribution is -0.143. The maximum Gasteiger partial charge on any atom is 0.317 e. The molecule has 0 unspecified atom stereocenters. The highest BCUT2D eigenvalue weighted by Gasteiger charge is 2.47. The third-order valence-corrected chi connectivity index (χ3v) is 7.39. The summed E-state index contributed by atoms with van der Waals surface area (Å²) in [5.74, 6) is 0.436. The summed E-state index contributed by atoms with van der Waals surface area (Å²) in [7, 11) is 1.80. The molecule has 3 aromatic rings. The van der Waals surface area contributed by atoms with Gasteiger partial charge in [0.1, 0.15) is 23.7 Å². The summed E-state index contributed by atoms with van der Waals surface area (Å²) in [5.41, 5.74) is 3.50. The zero-order chi connectivity index (χ0) is 25.9. The summed E-state index contributed by atoms with van der Waals surface area (Å²) in [5, 5.41) is 18.0. The van der Waals surface area contributed by atoms with Crippen molar-refractivity contribution in [3.05, 3.63) is 41.5 Å². The van der Waals surface area contributed by atoms with E-state index in [4.69, 9.17) is 19.2 Å². The van der Waals surface area contributed by atoms with Crippen molar-refractivity contribution in [1.29, 1.82) is 0 Å². The van der Waals surface area contributed by atoms with Gasteiger partial charge in [-0.3, -0.25) is 4.79 Å². The zero-order valence-corrected chi connectivity index (χ0v) is 21.3. The SMILES string of the molecule is CCOCc1ccnc(OCc2c(-c3ccc(O[C@H]4C[C@@H]5CC[C@H](C(=O)O)[C@@H]5C4)c(C)n3)nnn2C)n1. The number of rotatable bonds is 10. The predicted molar refractivity (Wildman–Crippen MR) is 132 cm³/mol. The highest BCUT2D eigenvalue weighted by Crippen LogP contribution is 2.48. The van der Waals surface area contributed by atoms with Crippen LogP contribution in [0.1, 0.15) is 49.7 Å². The van der Waals surface area contributed by atoms with E-state index >= 15 is 0 Å². The van der Waals surface area contributed by atoms with Gasteiger partial charge in [-0.2, -0.15) is 4.98 Å². The van der Waals surface area contributed by atoms with Gasteiger partial charge >= 0.3 is 12.0 Å². The summed E-state index contributed by atoms with van der Waals surface area (Å²) in [4.78, 5) is 24.9. The molecule has 3 aromatic heterocycles. The van der Waals surface area contributed by atoms with E-state index in [0.29, 0.717) is 36.3 Å². The smallest absolute Gasteiger partial charge is 0.317 e. The fourth-order valence-electron chi connectivity index (χ4n) is 5.53. The van der Waals surface area contributed by atoms with E-state index in [1.54, 1.807) is 24.0 Å². The molecule has 4 atom stereocenters. The molecule has 0 radical (unpaired) electrons. The van der Waals surface area contributed by atoms with E-state index in [9.17, 15) is 9.90 Å². The first-order chi connectivity index (χ1) is 17.9. The molecule has 0 bridgehead atoms. The minimum atomic E-state index is -0.677. The maximum absolute atomic E-state index is 11.6. The normalized spacial score (nSPS) is 22.7. The number of fused-ring (bicyclic) bond motifs is 1. The van der Waals surface area contributed by atoms with Crippen LogP contribution in [0.25, 0.3) is 11.4 Å². The lowest BCUT2D eigenvalue weighted by Gasteiger charge is -2.18. The van der Waals surface area contributed by atoms with Crippen LogP contribution < -0.4 is 9.47 Å². The first kappa shape index (κ1) is 25.1. The third kappa shape index (κ3) is 5.41. The molecular weight excluding hydrogens is 476 g/mol. The molecular formula is C26H32N6O5. The highest BCUT2D eigenvalue weighted by molar-refractivity contribution is 5.71. The van der Waals surface area contributed by atoms with E-state index in [0.717, 1.165) is 42.8 Å². The summed E-state index contributed by atoms with van der Waals surface area (Å²) < 4.78 is 19.2. The average Bonchev–Trinajstić information content (AvgIpc) is 3.57. The Morgan fingerprint density at radius 3 is 2.81 bits per heavy atom. The lowest BCUT2D eigenvalue weighted by atomic mass is 9.92. The second-order valence-electron chi connectivity index (χ2n) is 9.70. The number of ether oxygens (including phenoxy) is 3. The van der Waals surface area contributed by atoms with Crippen molar-refractivity contribution in [3.63, 3.8) is 0 Å². The standard InChI is InChI=1S/C26H32N6O5/c1-4-35-13-17-9-10-27-26(29-17)36-14-22-24(30-31-32(22)3)21-7-8-23(15(2)28-21)37-18-11-16-5-6-19(25(33)34)20(16)12-18/h7-10,16,18-20H,4-6,11-14H2,1-3H3,(H,33,34)/t16-,18-,19-,20+/m0/s1. The van der Waals surface area contributed by atoms with Crippen LogP contribution in [0.15, 0.2) is 24.4 Å². The first-order valence-electron chi connectivity index (χ1n) is 12.7. The summed E-state index contributed by atoms with van der Waals surface area (Å²) in [6.07, 6.45) is 5.08. The van der Waals surface area contributed by atoms with Crippen molar-refractivity contribution in [2.45, 2.75) is 58.8 Å². The van der Waals surface area contributed by atoms with Crippen molar-refractivity contribution in [2.24, 2.45) is 24.8 Å². The highest BCUT2D eigenvalue weighted by atomic mass is 16.5. The summed E-state index contributed by atoms with van der Waals surface area (Å²) in [6.45, 7) is 5.01. The number of aromatic nitrogens is 6. The molecule has 0 spiro atoms. The fraction of sp³-hybridized carbons (Fsp3) is 0.538. The molecule has 2 fully saturated rings. The average molecular weight is 509 g/mol. The molecule has 0 amide bonds. The molecule has 11 heteroatoms. The van der Waals surface area contributed by atoms with E-state index in [1.807, 2.05) is 26.0 Å². The molecule has 3 heterocycles. The number of aliphatic carboxylic acids is 1. The molecule has 1 N–H and O–H groups in total. The van der Waals surface area contributed by atoms with Crippen LogP contribution in [0.5, 0.6) is 11.8 Å². The van der Waals surface area contributed by atoms with Crippen LogP contribution in [-0.4, -0.2) is 53.7 Å². The van der Waals surface area contributed by atoms with Gasteiger partial charge in [-0.15, -0.1) is 5.10 Å². The van der Waals surface area contributed by atoms with E-state index in [2.05, 4.69) is 20.3 Å². The van der Waals surface area contributed by atoms with Gasteiger partial charge in [0.25, 0.3) is 0 Å². The van der Waals surface area contributed by atoms with Crippen LogP contribution in [0.4, 0.5) is 0 Å². The van der Waals surface area contributed by atoms with Crippen LogP contribution in [0, 0.1) is 24.7 Å². The molecule has 0 aliphatic heterocycles. The van der Waals surface area contributed by atoms with Crippen molar-refractivity contribution in [2.75, 3.05) is 6.61 Å². The van der Waals surface area contributed by atoms with Crippen molar-refractivity contribution < 1.29 is 24.1 Å². The molecule has 5 rings (SSSR count). The second-order valence-corrected chi connectivity index (χ2v) is 9.70. The summed E-state index contributed by atoms with van der Waals surface area (Å²) in [6, 6.07) is 5.81. The van der Waals surface area contributed by atoms with Crippen LogP contribution >= 0.6 is 0 Å². The minimum Gasteiger partial charge on any atom is -0.489 e. The van der Waals surface area contributed by atoms with Gasteiger partial charge in [-0.25, -0.2) is 14.6 Å². The van der Waals surface area contributed by atoms with Crippen molar-refractivity contribution in [3.8, 4) is 23.1 Å². The van der Waals surface area contributed by atoms with Gasteiger partial charge in [0.15, 0.2) is 0 Å². The van der Waals surface area contributed by atoms with Crippen LogP contribution in [-0.2, 0) is 29.8 Å². The Morgan fingerprint density at radius 1 is 1.16 bits per heavy atom. The molecule has 37 heavy (non-hydrogen) atoms. The number of pyridine rings is 1. The number of carboxylic acid groups (broad SMARTS) is 1. The number of carbonyl (C=O) groups is 1. The minimum absolute atomic E-state index is 0.0162. The number of aryl methyl sites for hydroxylation is 2. The number of hydrogen-bond acceptors (Lipinski definition) is 9. The van der Waals surface area contributed by atoms with Crippen LogP contribution in [0.3, 0.4) is 0 Å². The zero-order valence-electron chi connectivity index (χ0n) is 21.3. The van der Waals surface area contributed by atoms with Crippen molar-refractivity contribution >= 4 is 5.97 Å². The lowest BCUT2D eigenvalue weighted by Crippen LogP contribution is -2.21. The maximum atomic E-state index is 11.6. The third-order valence-electron chi connectivity index (χ3n) is 7.39. The molecule has 196 valence electrons. The van der Waals surface area contributed by atoms with Crippen LogP contribution in [0.2, 0.25) is 0 Å². The van der Waals surface area contributed by atoms with Gasteiger partial charge in [-0.1, -0.05) is 5.21 Å². The van der Waals surface area contributed by atoms with E-state index in [1.165, 1.54) is 0 Å². The van der Waals surface area contributed by atoms with Gasteiger partial charge in [0.05, 0.1) is 35.7 Å². The predicted octanol–water partition coefficient (Wildman–Crippen LogP) is 3.36. The van der Waals surface area contributed by atoms with E-state index in [-0.39, 0.29) is 30.6 Å². The van der Waals surface area contributed by atoms with E-state index < -0.39 is 5.97 Å².